The molecule has 0 unspecified atom stereocenters. The van der Waals surface area contributed by atoms with E-state index in [1.807, 2.05) is 17.0 Å². The van der Waals surface area contributed by atoms with Gasteiger partial charge in [0, 0.05) is 55.8 Å². The normalized spacial score (nSPS) is 27.4. The van der Waals surface area contributed by atoms with Crippen LogP contribution in [0.2, 0.25) is 0 Å². The summed E-state index contributed by atoms with van der Waals surface area (Å²) in [4.78, 5) is 34.3. The summed E-state index contributed by atoms with van der Waals surface area (Å²) in [5.74, 6) is 1.28. The van der Waals surface area contributed by atoms with E-state index in [2.05, 4.69) is 26.7 Å². The summed E-state index contributed by atoms with van der Waals surface area (Å²) >= 11 is 1.71. The molecule has 1 aliphatic carbocycles. The third-order valence-electron chi connectivity index (χ3n) is 6.84. The summed E-state index contributed by atoms with van der Waals surface area (Å²) in [5.41, 5.74) is 1.97. The quantitative estimate of drug-likeness (QED) is 0.800. The molecule has 6 heteroatoms. The molecule has 5 rings (SSSR count). The third-order valence-corrected chi connectivity index (χ3v) is 7.54. The Balaban J connectivity index is 1.39. The maximum atomic E-state index is 13.1. The minimum Gasteiger partial charge on any atom is -0.338 e. The number of carbonyl (C=O) groups excluding carboxylic acids is 2. The van der Waals surface area contributed by atoms with Crippen LogP contribution in [0.3, 0.4) is 0 Å². The first kappa shape index (κ1) is 17.9. The van der Waals surface area contributed by atoms with Crippen LogP contribution in [0.15, 0.2) is 41.4 Å². The van der Waals surface area contributed by atoms with E-state index in [4.69, 9.17) is 0 Å². The molecule has 0 N–H and O–H groups in total. The number of aromatic nitrogens is 1. The van der Waals surface area contributed by atoms with Crippen LogP contribution in [0.25, 0.3) is 0 Å². The van der Waals surface area contributed by atoms with Gasteiger partial charge in [0.2, 0.25) is 5.91 Å². The molecule has 28 heavy (non-hydrogen) atoms. The number of piperidine rings is 1. The topological polar surface area (TPSA) is 53.5 Å². The molecule has 2 saturated heterocycles. The van der Waals surface area contributed by atoms with Crippen molar-refractivity contribution in [2.75, 3.05) is 19.6 Å². The molecule has 3 atom stereocenters. The Morgan fingerprint density at radius 3 is 2.71 bits per heavy atom. The van der Waals surface area contributed by atoms with Crippen LogP contribution < -0.4 is 0 Å². The van der Waals surface area contributed by atoms with Gasteiger partial charge in [0.05, 0.1) is 5.56 Å². The zero-order chi connectivity index (χ0) is 19.1. The van der Waals surface area contributed by atoms with Gasteiger partial charge in [-0.05, 0) is 53.8 Å². The fraction of sp³-hybridized carbons (Fsp3) is 0.500. The minimum absolute atomic E-state index is 0.0550. The van der Waals surface area contributed by atoms with Crippen molar-refractivity contribution in [3.8, 4) is 0 Å². The fourth-order valence-corrected chi connectivity index (χ4v) is 5.80. The van der Waals surface area contributed by atoms with Gasteiger partial charge in [-0.1, -0.05) is 6.42 Å². The predicted octanol–water partition coefficient (Wildman–Crippen LogP) is 3.40. The largest absolute Gasteiger partial charge is 0.338 e. The standard InChI is InChI=1S/C22H25N3O2S/c26-21(16-5-2-8-23-11-16)24-9-6-20-19(12-24)18(17-7-10-28-14-17)13-25(20)22(27)15-3-1-4-15/h2,5,7-8,10-11,14-15,18-20H,1,3-4,6,9,12-13H2/t18-,19-,20-/m0/s1. The van der Waals surface area contributed by atoms with Gasteiger partial charge in [-0.3, -0.25) is 14.6 Å². The molecule has 0 radical (unpaired) electrons. The lowest BCUT2D eigenvalue weighted by atomic mass is 9.82. The SMILES string of the molecule is O=C(c1cccnc1)N1CC[C@H]2[C@@H](C1)[C@H](c1ccsc1)CN2C(=O)C1CCC1. The first-order valence-corrected chi connectivity index (χ1v) is 11.2. The molecule has 2 amide bonds. The Morgan fingerprint density at radius 1 is 1.14 bits per heavy atom. The first-order chi connectivity index (χ1) is 13.7. The number of likely N-dealkylation sites (tertiary alicyclic amines) is 2. The van der Waals surface area contributed by atoms with Crippen molar-refractivity contribution in [1.82, 2.24) is 14.8 Å². The Kier molecular flexibility index (Phi) is 4.67. The molecule has 1 saturated carbocycles. The van der Waals surface area contributed by atoms with Crippen molar-refractivity contribution in [3.63, 3.8) is 0 Å². The number of nitrogens with zero attached hydrogens (tertiary/aromatic N) is 3. The van der Waals surface area contributed by atoms with Crippen molar-refractivity contribution < 1.29 is 9.59 Å². The van der Waals surface area contributed by atoms with Crippen LogP contribution in [0, 0.1) is 11.8 Å². The number of pyridine rings is 1. The lowest BCUT2D eigenvalue weighted by Crippen LogP contribution is -2.51. The van der Waals surface area contributed by atoms with E-state index >= 15 is 0 Å². The first-order valence-electron chi connectivity index (χ1n) is 10.2. The van der Waals surface area contributed by atoms with Crippen LogP contribution in [-0.2, 0) is 4.79 Å². The summed E-state index contributed by atoms with van der Waals surface area (Å²) in [6.07, 6.45) is 7.47. The second kappa shape index (κ2) is 7.32. The molecule has 0 spiro atoms. The van der Waals surface area contributed by atoms with E-state index in [-0.39, 0.29) is 17.9 Å². The summed E-state index contributed by atoms with van der Waals surface area (Å²) in [5, 5.41) is 4.32. The summed E-state index contributed by atoms with van der Waals surface area (Å²) in [6.45, 7) is 2.23. The maximum absolute atomic E-state index is 13.1. The second-order valence-corrected chi connectivity index (χ2v) is 9.07. The number of rotatable bonds is 3. The monoisotopic (exact) mass is 395 g/mol. The minimum atomic E-state index is 0.0550. The van der Waals surface area contributed by atoms with Gasteiger partial charge < -0.3 is 9.80 Å². The van der Waals surface area contributed by atoms with Crippen LogP contribution in [0.4, 0.5) is 0 Å². The van der Waals surface area contributed by atoms with Crippen LogP contribution in [-0.4, -0.2) is 52.3 Å². The highest BCUT2D eigenvalue weighted by molar-refractivity contribution is 7.08. The van der Waals surface area contributed by atoms with E-state index < -0.39 is 0 Å². The lowest BCUT2D eigenvalue weighted by Gasteiger charge is -2.40. The molecule has 0 aromatic carbocycles. The molecule has 146 valence electrons. The van der Waals surface area contributed by atoms with Crippen molar-refractivity contribution in [2.45, 2.75) is 37.6 Å². The van der Waals surface area contributed by atoms with E-state index in [9.17, 15) is 9.59 Å². The van der Waals surface area contributed by atoms with Gasteiger partial charge in [0.25, 0.3) is 5.91 Å². The van der Waals surface area contributed by atoms with Gasteiger partial charge in [0.15, 0.2) is 0 Å². The zero-order valence-corrected chi connectivity index (χ0v) is 16.7. The summed E-state index contributed by atoms with van der Waals surface area (Å²) in [6, 6.07) is 6.09. The number of thiophene rings is 1. The van der Waals surface area contributed by atoms with Crippen molar-refractivity contribution in [1.29, 1.82) is 0 Å². The van der Waals surface area contributed by atoms with Crippen molar-refractivity contribution in [3.05, 3.63) is 52.5 Å². The van der Waals surface area contributed by atoms with Crippen molar-refractivity contribution in [2.24, 2.45) is 11.8 Å². The van der Waals surface area contributed by atoms with Gasteiger partial charge in [-0.2, -0.15) is 11.3 Å². The van der Waals surface area contributed by atoms with Gasteiger partial charge in [0.1, 0.15) is 0 Å². The van der Waals surface area contributed by atoms with Crippen LogP contribution >= 0.6 is 11.3 Å². The highest BCUT2D eigenvalue weighted by Crippen LogP contribution is 2.44. The van der Waals surface area contributed by atoms with E-state index in [0.717, 1.165) is 25.8 Å². The molecule has 3 fully saturated rings. The van der Waals surface area contributed by atoms with Crippen LogP contribution in [0.1, 0.15) is 47.5 Å². The van der Waals surface area contributed by atoms with Gasteiger partial charge >= 0.3 is 0 Å². The predicted molar refractivity (Wildman–Crippen MR) is 108 cm³/mol. The van der Waals surface area contributed by atoms with Crippen LogP contribution in [0.5, 0.6) is 0 Å². The Morgan fingerprint density at radius 2 is 2.04 bits per heavy atom. The third kappa shape index (κ3) is 3.04. The molecule has 3 aliphatic rings. The number of amides is 2. The molecule has 2 aromatic rings. The summed E-state index contributed by atoms with van der Waals surface area (Å²) < 4.78 is 0. The Hall–Kier alpha value is -2.21. The lowest BCUT2D eigenvalue weighted by molar-refractivity contribution is -0.139. The molecule has 2 aliphatic heterocycles. The number of hydrogen-bond acceptors (Lipinski definition) is 4. The molecule has 5 nitrogen and oxygen atoms in total. The second-order valence-electron chi connectivity index (χ2n) is 8.29. The Labute approximate surface area is 169 Å². The highest BCUT2D eigenvalue weighted by Gasteiger charge is 2.49. The molecule has 2 aromatic heterocycles. The molecule has 0 bridgehead atoms. The Bertz CT molecular complexity index is 850. The molecule has 4 heterocycles. The molecular formula is C22H25N3O2S. The van der Waals surface area contributed by atoms with E-state index in [1.54, 1.807) is 23.7 Å². The maximum Gasteiger partial charge on any atom is 0.255 e. The number of hydrogen-bond donors (Lipinski definition) is 0. The average molecular weight is 396 g/mol. The summed E-state index contributed by atoms with van der Waals surface area (Å²) in [7, 11) is 0. The zero-order valence-electron chi connectivity index (χ0n) is 15.9. The van der Waals surface area contributed by atoms with Gasteiger partial charge in [-0.15, -0.1) is 0 Å². The number of carbonyl (C=O) groups is 2. The smallest absolute Gasteiger partial charge is 0.255 e. The fourth-order valence-electron chi connectivity index (χ4n) is 5.07. The van der Waals surface area contributed by atoms with Crippen molar-refractivity contribution >= 4 is 23.2 Å². The van der Waals surface area contributed by atoms with E-state index in [1.165, 1.54) is 12.0 Å². The molecular weight excluding hydrogens is 370 g/mol. The average Bonchev–Trinajstić information content (AvgIpc) is 3.34. The highest BCUT2D eigenvalue weighted by atomic mass is 32.1. The number of fused-ring (bicyclic) bond motifs is 1. The van der Waals surface area contributed by atoms with E-state index in [0.29, 0.717) is 36.4 Å². The van der Waals surface area contributed by atoms with Gasteiger partial charge in [-0.25, -0.2) is 0 Å².